The number of likely N-dealkylation sites (N-methyl/N-ethyl adjacent to an activating group) is 1. The topological polar surface area (TPSA) is 21.3 Å². The summed E-state index contributed by atoms with van der Waals surface area (Å²) in [5.74, 6) is 0.882. The second-order valence-corrected chi connectivity index (χ2v) is 6.83. The molecule has 2 nitrogen and oxygen atoms in total. The van der Waals surface area contributed by atoms with E-state index in [1.807, 2.05) is 7.05 Å². The molecule has 1 N–H and O–H groups in total. The van der Waals surface area contributed by atoms with E-state index in [-0.39, 0.29) is 0 Å². The number of ether oxygens (including phenoxy) is 1. The third-order valence-corrected chi connectivity index (χ3v) is 6.11. The van der Waals surface area contributed by atoms with Crippen molar-refractivity contribution in [1.82, 2.24) is 5.32 Å². The van der Waals surface area contributed by atoms with Gasteiger partial charge in [0.05, 0.1) is 12.7 Å². The summed E-state index contributed by atoms with van der Waals surface area (Å²) in [6.45, 7) is 10.4. The van der Waals surface area contributed by atoms with Crippen LogP contribution in [-0.4, -0.2) is 25.8 Å². The molecule has 0 amide bonds. The summed E-state index contributed by atoms with van der Waals surface area (Å²) in [5.41, 5.74) is 0.878. The van der Waals surface area contributed by atoms with Gasteiger partial charge in [0, 0.05) is 6.04 Å². The first-order valence-electron chi connectivity index (χ1n) is 7.24. The zero-order chi connectivity index (χ0) is 12.7. The zero-order valence-electron chi connectivity index (χ0n) is 12.2. The standard InChI is InChI=1S/C15H29NO/c1-6-12(16-5)10-17-13-9-11-7-8-15(13,4)14(11,2)3/h11-13,16H,6-10H2,1-5H3. The highest BCUT2D eigenvalue weighted by Crippen LogP contribution is 2.66. The minimum atomic E-state index is 0.406. The molecule has 0 radical (unpaired) electrons. The van der Waals surface area contributed by atoms with Crippen molar-refractivity contribution >= 4 is 0 Å². The van der Waals surface area contributed by atoms with Gasteiger partial charge in [-0.25, -0.2) is 0 Å². The molecule has 2 aliphatic rings. The number of fused-ring (bicyclic) bond motifs is 2. The van der Waals surface area contributed by atoms with Gasteiger partial charge in [-0.05, 0) is 49.5 Å². The fourth-order valence-electron chi connectivity index (χ4n) is 4.02. The summed E-state index contributed by atoms with van der Waals surface area (Å²) in [6, 6.07) is 0.515. The van der Waals surface area contributed by atoms with Gasteiger partial charge in [0.15, 0.2) is 0 Å². The molecule has 2 fully saturated rings. The molecule has 0 aromatic rings. The van der Waals surface area contributed by atoms with Crippen LogP contribution in [0.5, 0.6) is 0 Å². The monoisotopic (exact) mass is 239 g/mol. The van der Waals surface area contributed by atoms with Gasteiger partial charge in [-0.1, -0.05) is 27.7 Å². The fourth-order valence-corrected chi connectivity index (χ4v) is 4.02. The molecule has 17 heavy (non-hydrogen) atoms. The Morgan fingerprint density at radius 2 is 2.06 bits per heavy atom. The molecule has 2 heteroatoms. The molecule has 2 saturated carbocycles. The largest absolute Gasteiger partial charge is 0.376 e. The molecule has 0 aromatic heterocycles. The third-order valence-electron chi connectivity index (χ3n) is 6.11. The average molecular weight is 239 g/mol. The van der Waals surface area contributed by atoms with Gasteiger partial charge in [-0.3, -0.25) is 0 Å². The smallest absolute Gasteiger partial charge is 0.0637 e. The predicted molar refractivity (Wildman–Crippen MR) is 72.1 cm³/mol. The number of rotatable bonds is 5. The van der Waals surface area contributed by atoms with Crippen LogP contribution >= 0.6 is 0 Å². The molecule has 100 valence electrons. The van der Waals surface area contributed by atoms with Crippen LogP contribution in [0.2, 0.25) is 0 Å². The molecule has 4 unspecified atom stereocenters. The Labute approximate surface area is 107 Å². The highest BCUT2D eigenvalue weighted by molar-refractivity contribution is 5.11. The number of hydrogen-bond donors (Lipinski definition) is 1. The van der Waals surface area contributed by atoms with Crippen molar-refractivity contribution in [2.75, 3.05) is 13.7 Å². The van der Waals surface area contributed by atoms with Crippen molar-refractivity contribution in [3.8, 4) is 0 Å². The van der Waals surface area contributed by atoms with E-state index in [0.717, 1.165) is 18.9 Å². The van der Waals surface area contributed by atoms with Gasteiger partial charge in [0.25, 0.3) is 0 Å². The van der Waals surface area contributed by atoms with Crippen LogP contribution in [0.4, 0.5) is 0 Å². The fraction of sp³-hybridized carbons (Fsp3) is 1.00. The van der Waals surface area contributed by atoms with Crippen LogP contribution in [0.15, 0.2) is 0 Å². The van der Waals surface area contributed by atoms with Gasteiger partial charge >= 0.3 is 0 Å². The lowest BCUT2D eigenvalue weighted by Gasteiger charge is -2.39. The van der Waals surface area contributed by atoms with E-state index in [2.05, 4.69) is 33.0 Å². The second kappa shape index (κ2) is 4.55. The normalized spacial score (nSPS) is 40.8. The molecule has 0 heterocycles. The minimum Gasteiger partial charge on any atom is -0.376 e. The lowest BCUT2D eigenvalue weighted by molar-refractivity contribution is -0.0531. The Morgan fingerprint density at radius 3 is 2.47 bits per heavy atom. The predicted octanol–water partition coefficient (Wildman–Crippen LogP) is 3.22. The van der Waals surface area contributed by atoms with Gasteiger partial charge in [0.1, 0.15) is 0 Å². The molecule has 2 aliphatic carbocycles. The Kier molecular flexibility index (Phi) is 3.57. The van der Waals surface area contributed by atoms with Crippen LogP contribution in [-0.2, 0) is 4.74 Å². The van der Waals surface area contributed by atoms with Crippen molar-refractivity contribution in [1.29, 1.82) is 0 Å². The second-order valence-electron chi connectivity index (χ2n) is 6.83. The number of nitrogens with one attached hydrogen (secondary N) is 1. The quantitative estimate of drug-likeness (QED) is 0.795. The van der Waals surface area contributed by atoms with Gasteiger partial charge in [-0.15, -0.1) is 0 Å². The summed E-state index contributed by atoms with van der Waals surface area (Å²) >= 11 is 0. The first kappa shape index (κ1) is 13.4. The van der Waals surface area contributed by atoms with E-state index >= 15 is 0 Å². The summed E-state index contributed by atoms with van der Waals surface area (Å²) < 4.78 is 6.26. The minimum absolute atomic E-state index is 0.406. The first-order valence-corrected chi connectivity index (χ1v) is 7.24. The van der Waals surface area contributed by atoms with Gasteiger partial charge in [0.2, 0.25) is 0 Å². The molecular formula is C15H29NO. The maximum Gasteiger partial charge on any atom is 0.0637 e. The Bertz CT molecular complexity index is 272. The SMILES string of the molecule is CCC(COC1CC2CCC1(C)C2(C)C)NC. The van der Waals surface area contributed by atoms with Crippen LogP contribution in [0.1, 0.15) is 53.4 Å². The summed E-state index contributed by atoms with van der Waals surface area (Å²) in [6.07, 6.45) is 5.67. The molecule has 0 saturated heterocycles. The Hall–Kier alpha value is -0.0800. The summed E-state index contributed by atoms with van der Waals surface area (Å²) in [7, 11) is 2.03. The van der Waals surface area contributed by atoms with Crippen molar-refractivity contribution in [3.05, 3.63) is 0 Å². The van der Waals surface area contributed by atoms with E-state index in [1.54, 1.807) is 0 Å². The Balaban J connectivity index is 1.96. The maximum absolute atomic E-state index is 6.26. The van der Waals surface area contributed by atoms with E-state index in [9.17, 15) is 0 Å². The van der Waals surface area contributed by atoms with Crippen LogP contribution in [0.25, 0.3) is 0 Å². The average Bonchev–Trinajstić information content (AvgIpc) is 2.63. The summed E-state index contributed by atoms with van der Waals surface area (Å²) in [5, 5.41) is 3.33. The maximum atomic E-state index is 6.26. The molecular weight excluding hydrogens is 210 g/mol. The van der Waals surface area contributed by atoms with Crippen LogP contribution < -0.4 is 5.32 Å². The van der Waals surface area contributed by atoms with Crippen LogP contribution in [0, 0.1) is 16.7 Å². The van der Waals surface area contributed by atoms with Gasteiger partial charge < -0.3 is 10.1 Å². The highest BCUT2D eigenvalue weighted by atomic mass is 16.5. The van der Waals surface area contributed by atoms with E-state index in [1.165, 1.54) is 19.3 Å². The van der Waals surface area contributed by atoms with E-state index in [0.29, 0.717) is 23.0 Å². The molecule has 0 spiro atoms. The lowest BCUT2D eigenvalue weighted by atomic mass is 9.70. The van der Waals surface area contributed by atoms with E-state index in [4.69, 9.17) is 4.74 Å². The van der Waals surface area contributed by atoms with E-state index < -0.39 is 0 Å². The molecule has 4 atom stereocenters. The number of hydrogen-bond acceptors (Lipinski definition) is 2. The zero-order valence-corrected chi connectivity index (χ0v) is 12.2. The van der Waals surface area contributed by atoms with Crippen molar-refractivity contribution in [2.24, 2.45) is 16.7 Å². The first-order chi connectivity index (χ1) is 7.95. The Morgan fingerprint density at radius 1 is 1.35 bits per heavy atom. The molecule has 2 rings (SSSR count). The molecule has 2 bridgehead atoms. The summed E-state index contributed by atoms with van der Waals surface area (Å²) in [4.78, 5) is 0. The van der Waals surface area contributed by atoms with Crippen molar-refractivity contribution < 1.29 is 4.74 Å². The van der Waals surface area contributed by atoms with Gasteiger partial charge in [-0.2, -0.15) is 0 Å². The van der Waals surface area contributed by atoms with Crippen molar-refractivity contribution in [2.45, 2.75) is 65.5 Å². The van der Waals surface area contributed by atoms with Crippen molar-refractivity contribution in [3.63, 3.8) is 0 Å². The third kappa shape index (κ3) is 1.94. The van der Waals surface area contributed by atoms with Crippen LogP contribution in [0.3, 0.4) is 0 Å². The lowest BCUT2D eigenvalue weighted by Crippen LogP contribution is -2.40. The highest BCUT2D eigenvalue weighted by Gasteiger charge is 2.61. The molecule has 0 aliphatic heterocycles. The molecule has 0 aromatic carbocycles.